The maximum Gasteiger partial charge on any atom is 0.273 e. The Morgan fingerprint density at radius 2 is 1.76 bits per heavy atom. The van der Waals surface area contributed by atoms with Gasteiger partial charge >= 0.3 is 0 Å². The van der Waals surface area contributed by atoms with Crippen molar-refractivity contribution in [3.05, 3.63) is 71.4 Å². The van der Waals surface area contributed by atoms with Crippen LogP contribution < -0.4 is 5.32 Å². The zero-order valence-corrected chi connectivity index (χ0v) is 16.4. The maximum atomic E-state index is 12.8. The molecule has 148 valence electrons. The molecule has 2 amide bonds. The van der Waals surface area contributed by atoms with Crippen molar-refractivity contribution in [3.63, 3.8) is 0 Å². The minimum atomic E-state index is -0.278. The van der Waals surface area contributed by atoms with Crippen molar-refractivity contribution in [2.75, 3.05) is 18.4 Å². The van der Waals surface area contributed by atoms with Crippen molar-refractivity contribution < 1.29 is 9.59 Å². The molecule has 2 aromatic carbocycles. The number of aromatic amines is 1. The summed E-state index contributed by atoms with van der Waals surface area (Å²) < 4.78 is 0. The number of carbonyl (C=O) groups excluding carboxylic acids is 2. The van der Waals surface area contributed by atoms with E-state index in [2.05, 4.69) is 15.5 Å². The molecule has 1 fully saturated rings. The molecule has 1 aliphatic heterocycles. The first-order chi connectivity index (χ1) is 14.1. The van der Waals surface area contributed by atoms with Crippen molar-refractivity contribution in [1.29, 1.82) is 0 Å². The number of nitrogens with one attached hydrogen (secondary N) is 2. The quantitative estimate of drug-likeness (QED) is 0.701. The van der Waals surface area contributed by atoms with Crippen LogP contribution in [0.15, 0.2) is 54.6 Å². The Morgan fingerprint density at radius 1 is 1.00 bits per heavy atom. The van der Waals surface area contributed by atoms with Gasteiger partial charge in [0.05, 0.1) is 5.69 Å². The summed E-state index contributed by atoms with van der Waals surface area (Å²) in [6.45, 7) is 3.47. The topological polar surface area (TPSA) is 78.1 Å². The van der Waals surface area contributed by atoms with E-state index in [0.29, 0.717) is 16.9 Å². The molecule has 0 bridgehead atoms. The van der Waals surface area contributed by atoms with Crippen LogP contribution in [-0.4, -0.2) is 40.0 Å². The number of carbonyl (C=O) groups is 2. The number of H-pyrrole nitrogens is 1. The van der Waals surface area contributed by atoms with Crippen molar-refractivity contribution >= 4 is 17.5 Å². The average Bonchev–Trinajstić information content (AvgIpc) is 3.16. The molecule has 1 saturated heterocycles. The Kier molecular flexibility index (Phi) is 5.42. The number of benzene rings is 2. The molecule has 0 spiro atoms. The second-order valence-electron chi connectivity index (χ2n) is 7.33. The monoisotopic (exact) mass is 388 g/mol. The molecule has 1 aromatic heterocycles. The fraction of sp³-hybridized carbons (Fsp3) is 0.261. The van der Waals surface area contributed by atoms with Gasteiger partial charge < -0.3 is 10.2 Å². The van der Waals surface area contributed by atoms with Gasteiger partial charge in [0.2, 0.25) is 0 Å². The molecule has 6 heteroatoms. The van der Waals surface area contributed by atoms with Gasteiger partial charge in [0.1, 0.15) is 5.69 Å². The van der Waals surface area contributed by atoms with Crippen LogP contribution in [0.25, 0.3) is 11.3 Å². The largest absolute Gasteiger partial charge is 0.339 e. The molecule has 4 rings (SSSR count). The molecule has 2 N–H and O–H groups in total. The lowest BCUT2D eigenvalue weighted by Crippen LogP contribution is -2.35. The number of hydrogen-bond acceptors (Lipinski definition) is 3. The highest BCUT2D eigenvalue weighted by Crippen LogP contribution is 2.24. The lowest BCUT2D eigenvalue weighted by atomic mass is 10.1. The first-order valence-corrected chi connectivity index (χ1v) is 9.94. The van der Waals surface area contributed by atoms with Gasteiger partial charge in [0.15, 0.2) is 0 Å². The normalized spacial score (nSPS) is 13.9. The van der Waals surface area contributed by atoms with E-state index in [4.69, 9.17) is 0 Å². The smallest absolute Gasteiger partial charge is 0.273 e. The minimum Gasteiger partial charge on any atom is -0.339 e. The zero-order valence-electron chi connectivity index (χ0n) is 16.4. The number of anilines is 1. The molecular weight excluding hydrogens is 364 g/mol. The highest BCUT2D eigenvalue weighted by molar-refractivity contribution is 6.05. The lowest BCUT2D eigenvalue weighted by Gasteiger charge is -2.26. The molecule has 0 unspecified atom stereocenters. The summed E-state index contributed by atoms with van der Waals surface area (Å²) in [7, 11) is 0. The molecule has 6 nitrogen and oxygen atoms in total. The molecule has 0 aliphatic carbocycles. The van der Waals surface area contributed by atoms with E-state index >= 15 is 0 Å². The van der Waals surface area contributed by atoms with Gasteiger partial charge in [-0.15, -0.1) is 0 Å². The van der Waals surface area contributed by atoms with Crippen LogP contribution >= 0.6 is 0 Å². The maximum absolute atomic E-state index is 12.8. The SMILES string of the molecule is Cc1c(-c2ccccc2)n[nH]c1C(=O)Nc1cccc(C(=O)N2CCCCC2)c1. The van der Waals surface area contributed by atoms with Crippen LogP contribution in [-0.2, 0) is 0 Å². The number of hydrogen-bond donors (Lipinski definition) is 2. The molecular formula is C23H24N4O2. The van der Waals surface area contributed by atoms with Gasteiger partial charge in [-0.2, -0.15) is 5.10 Å². The Hall–Kier alpha value is -3.41. The zero-order chi connectivity index (χ0) is 20.2. The summed E-state index contributed by atoms with van der Waals surface area (Å²) in [4.78, 5) is 27.4. The van der Waals surface area contributed by atoms with Crippen LogP contribution in [0.2, 0.25) is 0 Å². The Morgan fingerprint density at radius 3 is 2.52 bits per heavy atom. The predicted octanol–water partition coefficient (Wildman–Crippen LogP) is 4.26. The second kappa shape index (κ2) is 8.31. The summed E-state index contributed by atoms with van der Waals surface area (Å²) in [5.41, 5.74) is 4.09. The summed E-state index contributed by atoms with van der Waals surface area (Å²) in [5.74, 6) is -0.260. The van der Waals surface area contributed by atoms with Crippen molar-refractivity contribution in [3.8, 4) is 11.3 Å². The van der Waals surface area contributed by atoms with Crippen LogP contribution in [0.3, 0.4) is 0 Å². The van der Waals surface area contributed by atoms with Gasteiger partial charge in [0, 0.05) is 35.5 Å². The van der Waals surface area contributed by atoms with E-state index in [-0.39, 0.29) is 11.8 Å². The Bertz CT molecular complexity index is 1020. The number of likely N-dealkylation sites (tertiary alicyclic amines) is 1. The third-order valence-electron chi connectivity index (χ3n) is 5.29. The van der Waals surface area contributed by atoms with E-state index < -0.39 is 0 Å². The number of rotatable bonds is 4. The summed E-state index contributed by atoms with van der Waals surface area (Å²) in [6, 6.07) is 16.8. The predicted molar refractivity (Wildman–Crippen MR) is 113 cm³/mol. The van der Waals surface area contributed by atoms with Crippen molar-refractivity contribution in [2.45, 2.75) is 26.2 Å². The van der Waals surface area contributed by atoms with Crippen molar-refractivity contribution in [2.24, 2.45) is 0 Å². The summed E-state index contributed by atoms with van der Waals surface area (Å²) in [6.07, 6.45) is 3.27. The average molecular weight is 388 g/mol. The van der Waals surface area contributed by atoms with E-state index in [9.17, 15) is 9.59 Å². The number of nitrogens with zero attached hydrogens (tertiary/aromatic N) is 2. The highest BCUT2D eigenvalue weighted by Gasteiger charge is 2.20. The van der Waals surface area contributed by atoms with Crippen LogP contribution in [0.4, 0.5) is 5.69 Å². The fourth-order valence-corrected chi connectivity index (χ4v) is 3.70. The van der Waals surface area contributed by atoms with Crippen LogP contribution in [0.1, 0.15) is 45.7 Å². The van der Waals surface area contributed by atoms with Crippen LogP contribution in [0.5, 0.6) is 0 Å². The van der Waals surface area contributed by atoms with E-state index in [1.807, 2.05) is 42.2 Å². The number of piperidine rings is 1. The van der Waals surface area contributed by atoms with E-state index in [1.54, 1.807) is 24.3 Å². The lowest BCUT2D eigenvalue weighted by molar-refractivity contribution is 0.0724. The molecule has 3 aromatic rings. The fourth-order valence-electron chi connectivity index (χ4n) is 3.70. The van der Waals surface area contributed by atoms with Crippen molar-refractivity contribution in [1.82, 2.24) is 15.1 Å². The standard InChI is InChI=1S/C23H24N4O2/c1-16-20(17-9-4-2-5-10-17)25-26-21(16)22(28)24-19-12-8-11-18(15-19)23(29)27-13-6-3-7-14-27/h2,4-5,8-12,15H,3,6-7,13-14H2,1H3,(H,24,28)(H,25,26). The third kappa shape index (κ3) is 4.06. The second-order valence-corrected chi connectivity index (χ2v) is 7.33. The first-order valence-electron chi connectivity index (χ1n) is 9.94. The molecule has 29 heavy (non-hydrogen) atoms. The summed E-state index contributed by atoms with van der Waals surface area (Å²) >= 11 is 0. The van der Waals surface area contributed by atoms with E-state index in [1.165, 1.54) is 6.42 Å². The van der Waals surface area contributed by atoms with E-state index in [0.717, 1.165) is 42.8 Å². The Balaban J connectivity index is 1.51. The van der Waals surface area contributed by atoms with Gasteiger partial charge in [-0.05, 0) is 44.4 Å². The molecule has 1 aliphatic rings. The van der Waals surface area contributed by atoms with Gasteiger partial charge in [-0.3, -0.25) is 14.7 Å². The molecule has 0 atom stereocenters. The number of aromatic nitrogens is 2. The number of amides is 2. The molecule has 0 saturated carbocycles. The molecule has 2 heterocycles. The summed E-state index contributed by atoms with van der Waals surface area (Å²) in [5, 5.41) is 10.0. The highest BCUT2D eigenvalue weighted by atomic mass is 16.2. The molecule has 0 radical (unpaired) electrons. The van der Waals surface area contributed by atoms with Gasteiger partial charge in [0.25, 0.3) is 11.8 Å². The van der Waals surface area contributed by atoms with Crippen LogP contribution in [0, 0.1) is 6.92 Å². The minimum absolute atomic E-state index is 0.0184. The third-order valence-corrected chi connectivity index (χ3v) is 5.29. The Labute approximate surface area is 169 Å². The first kappa shape index (κ1) is 18.9. The van der Waals surface area contributed by atoms with Gasteiger partial charge in [-0.25, -0.2) is 0 Å². The van der Waals surface area contributed by atoms with Gasteiger partial charge in [-0.1, -0.05) is 36.4 Å².